The molecule has 2 N–H and O–H groups in total. The van der Waals surface area contributed by atoms with Gasteiger partial charge in [0.2, 0.25) is 0 Å². The molecule has 9 heteroatoms. The minimum atomic E-state index is -2.54. The first-order valence-corrected chi connectivity index (χ1v) is 8.62. The van der Waals surface area contributed by atoms with Gasteiger partial charge in [0, 0.05) is 17.6 Å². The number of halogens is 3. The highest BCUT2D eigenvalue weighted by Crippen LogP contribution is 2.31. The van der Waals surface area contributed by atoms with Gasteiger partial charge in [0.25, 0.3) is 11.7 Å². The van der Waals surface area contributed by atoms with E-state index in [0.29, 0.717) is 22.3 Å². The highest BCUT2D eigenvalue weighted by molar-refractivity contribution is 7.99. The quantitative estimate of drug-likeness (QED) is 0.765. The van der Waals surface area contributed by atoms with Crippen LogP contribution in [0, 0.1) is 0 Å². The largest absolute Gasteiger partial charge is 0.320 e. The Bertz CT molecular complexity index is 707. The van der Waals surface area contributed by atoms with Gasteiger partial charge in [-0.3, -0.25) is 9.48 Å². The minimum absolute atomic E-state index is 0. The molecule has 1 atom stereocenters. The molecule has 1 fully saturated rings. The number of carbonyl (C=O) groups excluding carboxylic acids is 1. The van der Waals surface area contributed by atoms with Gasteiger partial charge in [-0.1, -0.05) is 23.9 Å². The van der Waals surface area contributed by atoms with Gasteiger partial charge in [-0.05, 0) is 37.6 Å². The summed E-state index contributed by atoms with van der Waals surface area (Å²) in [6.45, 7) is 1.83. The van der Waals surface area contributed by atoms with E-state index in [2.05, 4.69) is 15.7 Å². The molecule has 0 radical (unpaired) electrons. The molecule has 1 aromatic heterocycles. The number of hydrogen-bond donors (Lipinski definition) is 2. The Kier molecular flexibility index (Phi) is 7.22. The number of alkyl halides is 2. The van der Waals surface area contributed by atoms with E-state index in [-0.39, 0.29) is 24.1 Å². The second-order valence-electron chi connectivity index (χ2n) is 5.51. The zero-order chi connectivity index (χ0) is 16.9. The molecular weight excluding hydrogens is 370 g/mol. The highest BCUT2D eigenvalue weighted by Gasteiger charge is 2.18. The molecule has 1 aliphatic rings. The molecule has 25 heavy (non-hydrogen) atoms. The van der Waals surface area contributed by atoms with Crippen molar-refractivity contribution >= 4 is 35.8 Å². The fourth-order valence-corrected chi connectivity index (χ4v) is 3.27. The number of thioether (sulfide) groups is 1. The molecule has 1 aromatic carbocycles. The summed E-state index contributed by atoms with van der Waals surface area (Å²) in [4.78, 5) is 12.7. The van der Waals surface area contributed by atoms with Crippen LogP contribution >= 0.6 is 24.2 Å². The van der Waals surface area contributed by atoms with Crippen molar-refractivity contribution < 1.29 is 13.6 Å². The molecule has 1 saturated heterocycles. The first-order chi connectivity index (χ1) is 11.6. The third-order valence-corrected chi connectivity index (χ3v) is 4.63. The lowest BCUT2D eigenvalue weighted by Gasteiger charge is -2.22. The molecule has 0 aliphatic carbocycles. The molecule has 5 nitrogen and oxygen atoms in total. The molecule has 136 valence electrons. The Morgan fingerprint density at radius 1 is 1.36 bits per heavy atom. The smallest absolute Gasteiger partial charge is 0.288 e. The summed E-state index contributed by atoms with van der Waals surface area (Å²) in [7, 11) is 0. The molecule has 2 heterocycles. The lowest BCUT2D eigenvalue weighted by molar-refractivity contribution is 0.102. The first-order valence-electron chi connectivity index (χ1n) is 7.74. The summed E-state index contributed by atoms with van der Waals surface area (Å²) >= 11 is 0.408. The number of benzene rings is 1. The number of para-hydroxylation sites is 1. The highest BCUT2D eigenvalue weighted by atomic mass is 35.5. The standard InChI is InChI=1S/C16H18F2N4OS.ClH/c17-16(18)24-14-6-2-1-5-12(14)20-15(23)13-7-9-22(21-13)11-4-3-8-19-10-11;/h1-2,5-7,9,11,16,19H,3-4,8,10H2,(H,20,23);1H. The van der Waals surface area contributed by atoms with Crippen LogP contribution in [0.1, 0.15) is 29.4 Å². The van der Waals surface area contributed by atoms with Crippen LogP contribution in [0.5, 0.6) is 0 Å². The Morgan fingerprint density at radius 3 is 2.88 bits per heavy atom. The van der Waals surface area contributed by atoms with E-state index in [1.165, 1.54) is 0 Å². The van der Waals surface area contributed by atoms with Crippen molar-refractivity contribution in [2.45, 2.75) is 29.5 Å². The van der Waals surface area contributed by atoms with Gasteiger partial charge in [-0.2, -0.15) is 13.9 Å². The molecule has 3 rings (SSSR count). The number of rotatable bonds is 5. The molecule has 0 spiro atoms. The van der Waals surface area contributed by atoms with Gasteiger partial charge >= 0.3 is 0 Å². The summed E-state index contributed by atoms with van der Waals surface area (Å²) in [6, 6.07) is 8.39. The maximum Gasteiger partial charge on any atom is 0.288 e. The molecule has 2 aromatic rings. The van der Waals surface area contributed by atoms with Gasteiger partial charge < -0.3 is 10.6 Å². The monoisotopic (exact) mass is 388 g/mol. The molecule has 1 amide bonds. The van der Waals surface area contributed by atoms with Crippen molar-refractivity contribution in [3.05, 3.63) is 42.2 Å². The fraction of sp³-hybridized carbons (Fsp3) is 0.375. The van der Waals surface area contributed by atoms with Crippen molar-refractivity contribution in [2.75, 3.05) is 18.4 Å². The summed E-state index contributed by atoms with van der Waals surface area (Å²) < 4.78 is 27.0. The number of anilines is 1. The van der Waals surface area contributed by atoms with E-state index < -0.39 is 11.7 Å². The summed E-state index contributed by atoms with van der Waals surface area (Å²) in [5, 5.41) is 10.3. The van der Waals surface area contributed by atoms with Crippen LogP contribution in [-0.4, -0.2) is 34.5 Å². The number of carbonyl (C=O) groups is 1. The molecule has 0 saturated carbocycles. The van der Waals surface area contributed by atoms with Crippen molar-refractivity contribution in [1.29, 1.82) is 0 Å². The maximum atomic E-state index is 12.6. The van der Waals surface area contributed by atoms with Gasteiger partial charge in [-0.25, -0.2) is 0 Å². The Balaban J connectivity index is 0.00000225. The van der Waals surface area contributed by atoms with Gasteiger partial charge in [-0.15, -0.1) is 12.4 Å². The van der Waals surface area contributed by atoms with Crippen molar-refractivity contribution in [2.24, 2.45) is 0 Å². The summed E-state index contributed by atoms with van der Waals surface area (Å²) in [6.07, 6.45) is 3.88. The van der Waals surface area contributed by atoms with Crippen LogP contribution in [0.4, 0.5) is 14.5 Å². The first kappa shape index (κ1) is 19.7. The lowest BCUT2D eigenvalue weighted by atomic mass is 10.1. The average molecular weight is 389 g/mol. The van der Waals surface area contributed by atoms with E-state index in [1.54, 1.807) is 41.2 Å². The van der Waals surface area contributed by atoms with Crippen LogP contribution in [0.3, 0.4) is 0 Å². The molecule has 1 aliphatic heterocycles. The second-order valence-corrected chi connectivity index (χ2v) is 6.54. The number of nitrogens with one attached hydrogen (secondary N) is 2. The van der Waals surface area contributed by atoms with Crippen LogP contribution in [0.25, 0.3) is 0 Å². The number of nitrogens with zero attached hydrogens (tertiary/aromatic N) is 2. The van der Waals surface area contributed by atoms with E-state index in [9.17, 15) is 13.6 Å². The van der Waals surface area contributed by atoms with Crippen molar-refractivity contribution in [3.8, 4) is 0 Å². The van der Waals surface area contributed by atoms with Crippen molar-refractivity contribution in [3.63, 3.8) is 0 Å². The normalized spacial score (nSPS) is 17.2. The van der Waals surface area contributed by atoms with Crippen molar-refractivity contribution in [1.82, 2.24) is 15.1 Å². The minimum Gasteiger partial charge on any atom is -0.320 e. The molecule has 0 bridgehead atoms. The van der Waals surface area contributed by atoms with E-state index >= 15 is 0 Å². The number of hydrogen-bond acceptors (Lipinski definition) is 4. The summed E-state index contributed by atoms with van der Waals surface area (Å²) in [5.74, 6) is -2.94. The third kappa shape index (κ3) is 5.17. The number of piperidine rings is 1. The van der Waals surface area contributed by atoms with Gasteiger partial charge in [0.05, 0.1) is 11.7 Å². The Hall–Kier alpha value is -1.64. The summed E-state index contributed by atoms with van der Waals surface area (Å²) in [5.41, 5.74) is 0.638. The van der Waals surface area contributed by atoms with E-state index in [1.807, 2.05) is 0 Å². The Labute approximate surface area is 155 Å². The fourth-order valence-electron chi connectivity index (χ4n) is 2.68. The average Bonchev–Trinajstić information content (AvgIpc) is 3.07. The van der Waals surface area contributed by atoms with Crippen LogP contribution in [0.15, 0.2) is 41.4 Å². The number of aromatic nitrogens is 2. The predicted molar refractivity (Wildman–Crippen MR) is 96.9 cm³/mol. The molecule has 1 unspecified atom stereocenters. The van der Waals surface area contributed by atoms with Crippen LogP contribution < -0.4 is 10.6 Å². The van der Waals surface area contributed by atoms with E-state index in [4.69, 9.17) is 0 Å². The van der Waals surface area contributed by atoms with Gasteiger partial charge in [0.1, 0.15) is 0 Å². The molecular formula is C16H19ClF2N4OS. The zero-order valence-corrected chi connectivity index (χ0v) is 15.0. The second kappa shape index (κ2) is 9.17. The van der Waals surface area contributed by atoms with Crippen LogP contribution in [0.2, 0.25) is 0 Å². The van der Waals surface area contributed by atoms with Crippen LogP contribution in [-0.2, 0) is 0 Å². The third-order valence-electron chi connectivity index (χ3n) is 3.84. The van der Waals surface area contributed by atoms with Gasteiger partial charge in [0.15, 0.2) is 5.69 Å². The van der Waals surface area contributed by atoms with E-state index in [0.717, 1.165) is 25.9 Å². The zero-order valence-electron chi connectivity index (χ0n) is 13.3. The SMILES string of the molecule is Cl.O=C(Nc1ccccc1SC(F)F)c1ccn(C2CCCNC2)n1. The maximum absolute atomic E-state index is 12.6. The Morgan fingerprint density at radius 2 is 2.16 bits per heavy atom. The lowest BCUT2D eigenvalue weighted by Crippen LogP contribution is -2.32. The predicted octanol–water partition coefficient (Wildman–Crippen LogP) is 3.80. The topological polar surface area (TPSA) is 59.0 Å². The number of amides is 1.